The molecule has 4 rings (SSSR count). The Morgan fingerprint density at radius 1 is 1.30 bits per heavy atom. The van der Waals surface area contributed by atoms with Crippen molar-refractivity contribution < 1.29 is 18.7 Å². The fourth-order valence-corrected chi connectivity index (χ4v) is 4.37. The Bertz CT molecular complexity index is 1030. The van der Waals surface area contributed by atoms with Gasteiger partial charge in [0.05, 0.1) is 25.5 Å². The number of fused-ring (bicyclic) bond motifs is 3. The van der Waals surface area contributed by atoms with Gasteiger partial charge in [0, 0.05) is 23.3 Å². The van der Waals surface area contributed by atoms with Crippen LogP contribution >= 0.6 is 0 Å². The highest BCUT2D eigenvalue weighted by Gasteiger charge is 2.42. The number of rotatable bonds is 5. The molecule has 0 amide bonds. The van der Waals surface area contributed by atoms with Crippen LogP contribution in [0.4, 0.5) is 4.39 Å². The summed E-state index contributed by atoms with van der Waals surface area (Å²) in [4.78, 5) is 12.0. The number of ether oxygens (including phenoxy) is 2. The van der Waals surface area contributed by atoms with E-state index in [4.69, 9.17) is 14.6 Å². The van der Waals surface area contributed by atoms with E-state index >= 15 is 0 Å². The van der Waals surface area contributed by atoms with Crippen LogP contribution in [0, 0.1) is 11.7 Å². The van der Waals surface area contributed by atoms with E-state index < -0.39 is 5.97 Å². The summed E-state index contributed by atoms with van der Waals surface area (Å²) in [6.07, 6.45) is 3.21. The Morgan fingerprint density at radius 2 is 2.13 bits per heavy atom. The summed E-state index contributed by atoms with van der Waals surface area (Å²) in [5.74, 6) is 0.225. The van der Waals surface area contributed by atoms with Gasteiger partial charge in [-0.2, -0.15) is 5.10 Å². The van der Waals surface area contributed by atoms with Gasteiger partial charge in [0.2, 0.25) is 0 Å². The van der Waals surface area contributed by atoms with Crippen molar-refractivity contribution in [2.24, 2.45) is 11.0 Å². The van der Waals surface area contributed by atoms with Gasteiger partial charge in [-0.1, -0.05) is 12.1 Å². The highest BCUT2D eigenvalue weighted by Crippen LogP contribution is 2.45. The van der Waals surface area contributed by atoms with Crippen LogP contribution in [0.25, 0.3) is 0 Å². The minimum atomic E-state index is -0.409. The summed E-state index contributed by atoms with van der Waals surface area (Å²) in [6, 6.07) is 12.5. The van der Waals surface area contributed by atoms with Crippen molar-refractivity contribution in [3.63, 3.8) is 0 Å². The fraction of sp³-hybridized carbons (Fsp3) is 0.333. The predicted molar refractivity (Wildman–Crippen MR) is 113 cm³/mol. The maximum atomic E-state index is 14.0. The quantitative estimate of drug-likeness (QED) is 0.535. The summed E-state index contributed by atoms with van der Waals surface area (Å²) in [6.45, 7) is 3.91. The molecule has 0 saturated heterocycles. The van der Waals surface area contributed by atoms with Crippen LogP contribution in [0.3, 0.4) is 0 Å². The molecule has 2 aromatic carbocycles. The molecule has 0 saturated carbocycles. The molecule has 0 aromatic heterocycles. The van der Waals surface area contributed by atoms with Gasteiger partial charge < -0.3 is 9.47 Å². The van der Waals surface area contributed by atoms with Crippen LogP contribution in [-0.2, 0) is 16.0 Å². The highest BCUT2D eigenvalue weighted by atomic mass is 19.1. The number of allylic oxidation sites excluding steroid dienone is 1. The average Bonchev–Trinajstić information content (AvgIpc) is 3.13. The third-order valence-electron chi connectivity index (χ3n) is 5.69. The van der Waals surface area contributed by atoms with Crippen molar-refractivity contribution in [2.75, 3.05) is 13.7 Å². The first-order valence-electron chi connectivity index (χ1n) is 10.2. The zero-order chi connectivity index (χ0) is 21.3. The third kappa shape index (κ3) is 3.70. The monoisotopic (exact) mass is 408 g/mol. The second kappa shape index (κ2) is 8.30. The molecule has 6 heteroatoms. The molecule has 1 heterocycles. The number of carbonyl (C=O) groups is 1. The summed E-state index contributed by atoms with van der Waals surface area (Å²) in [5.41, 5.74) is 4.74. The summed E-state index contributed by atoms with van der Waals surface area (Å²) in [7, 11) is 1.66. The number of nitrogens with zero attached hydrogens (tertiary/aromatic N) is 2. The van der Waals surface area contributed by atoms with Crippen LogP contribution < -0.4 is 4.74 Å². The van der Waals surface area contributed by atoms with E-state index in [1.165, 1.54) is 17.7 Å². The number of hydrogen-bond acceptors (Lipinski definition) is 5. The Kier molecular flexibility index (Phi) is 5.57. The van der Waals surface area contributed by atoms with Crippen molar-refractivity contribution in [3.8, 4) is 5.75 Å². The van der Waals surface area contributed by atoms with Gasteiger partial charge in [-0.25, -0.2) is 9.18 Å². The van der Waals surface area contributed by atoms with Crippen molar-refractivity contribution in [1.82, 2.24) is 5.01 Å². The summed E-state index contributed by atoms with van der Waals surface area (Å²) < 4.78 is 24.5. The zero-order valence-electron chi connectivity index (χ0n) is 17.4. The van der Waals surface area contributed by atoms with Gasteiger partial charge in [0.1, 0.15) is 11.6 Å². The van der Waals surface area contributed by atoms with Gasteiger partial charge in [0.15, 0.2) is 0 Å². The van der Waals surface area contributed by atoms with Crippen LogP contribution in [0.15, 0.2) is 59.3 Å². The summed E-state index contributed by atoms with van der Waals surface area (Å²) >= 11 is 0. The van der Waals surface area contributed by atoms with Crippen LogP contribution in [0.2, 0.25) is 0 Å². The van der Waals surface area contributed by atoms with Gasteiger partial charge in [0.25, 0.3) is 0 Å². The third-order valence-corrected chi connectivity index (χ3v) is 5.69. The molecule has 1 aliphatic heterocycles. The standard InChI is InChI=1S/C24H25FN2O3/c1-4-30-22(28)12-15(2)27-24(17-6-5-7-18(25)13-17)21-10-8-16-14-19(29-3)9-11-20(16)23(21)26-27/h5-7,9,11-14,21,24H,4,8,10H2,1-3H3/b15-12+/t21-,24-/m0/s1. The van der Waals surface area contributed by atoms with Crippen LogP contribution in [0.1, 0.15) is 43.0 Å². The first-order chi connectivity index (χ1) is 14.5. The molecule has 2 atom stereocenters. The Hall–Kier alpha value is -3.15. The van der Waals surface area contributed by atoms with E-state index in [1.54, 1.807) is 26.2 Å². The SMILES string of the molecule is CCOC(=O)/C=C(\C)N1N=C2c3ccc(OC)cc3CC[C@@H]2[C@@H]1c1cccc(F)c1. The molecule has 156 valence electrons. The normalized spacial score (nSPS) is 20.3. The number of aryl methyl sites for hydroxylation is 1. The number of hydrogen-bond donors (Lipinski definition) is 0. The molecule has 0 N–H and O–H groups in total. The molecule has 30 heavy (non-hydrogen) atoms. The van der Waals surface area contributed by atoms with E-state index in [2.05, 4.69) is 6.07 Å². The van der Waals surface area contributed by atoms with Crippen molar-refractivity contribution in [2.45, 2.75) is 32.7 Å². The number of carbonyl (C=O) groups excluding carboxylic acids is 1. The lowest BCUT2D eigenvalue weighted by molar-refractivity contribution is -0.137. The van der Waals surface area contributed by atoms with E-state index in [1.807, 2.05) is 30.1 Å². The Balaban J connectivity index is 1.78. The topological polar surface area (TPSA) is 51.1 Å². The number of esters is 1. The van der Waals surface area contributed by atoms with E-state index in [-0.39, 0.29) is 17.8 Å². The first-order valence-corrected chi connectivity index (χ1v) is 10.2. The molecule has 2 aromatic rings. The molecular formula is C24H25FN2O3. The summed E-state index contributed by atoms with van der Waals surface area (Å²) in [5, 5.41) is 6.76. The Morgan fingerprint density at radius 3 is 2.87 bits per heavy atom. The predicted octanol–water partition coefficient (Wildman–Crippen LogP) is 4.62. The number of methoxy groups -OCH3 is 1. The Labute approximate surface area is 175 Å². The van der Waals surface area contributed by atoms with Crippen LogP contribution in [0.5, 0.6) is 5.75 Å². The fourth-order valence-electron chi connectivity index (χ4n) is 4.37. The van der Waals surface area contributed by atoms with Gasteiger partial charge in [-0.05, 0) is 68.1 Å². The lowest BCUT2D eigenvalue weighted by Crippen LogP contribution is -2.28. The average molecular weight is 408 g/mol. The molecule has 0 fully saturated rings. The van der Waals surface area contributed by atoms with E-state index in [0.29, 0.717) is 12.3 Å². The van der Waals surface area contributed by atoms with Gasteiger partial charge in [-0.15, -0.1) is 0 Å². The maximum absolute atomic E-state index is 14.0. The van der Waals surface area contributed by atoms with Crippen LogP contribution in [-0.4, -0.2) is 30.4 Å². The van der Waals surface area contributed by atoms with E-state index in [0.717, 1.165) is 35.4 Å². The van der Waals surface area contributed by atoms with Crippen molar-refractivity contribution in [3.05, 3.63) is 76.7 Å². The number of hydrazone groups is 1. The molecule has 0 unspecified atom stereocenters. The number of benzene rings is 2. The molecule has 0 spiro atoms. The molecular weight excluding hydrogens is 383 g/mol. The second-order valence-corrected chi connectivity index (χ2v) is 7.54. The molecule has 0 bridgehead atoms. The highest BCUT2D eigenvalue weighted by molar-refractivity contribution is 6.06. The lowest BCUT2D eigenvalue weighted by Gasteiger charge is -2.31. The molecule has 2 aliphatic rings. The smallest absolute Gasteiger partial charge is 0.332 e. The van der Waals surface area contributed by atoms with E-state index in [9.17, 15) is 9.18 Å². The second-order valence-electron chi connectivity index (χ2n) is 7.54. The largest absolute Gasteiger partial charge is 0.497 e. The molecule has 5 nitrogen and oxygen atoms in total. The van der Waals surface area contributed by atoms with Crippen molar-refractivity contribution in [1.29, 1.82) is 0 Å². The minimum absolute atomic E-state index is 0.0956. The maximum Gasteiger partial charge on any atom is 0.332 e. The molecule has 1 aliphatic carbocycles. The van der Waals surface area contributed by atoms with Gasteiger partial charge in [-0.3, -0.25) is 5.01 Å². The first kappa shape index (κ1) is 20.1. The van der Waals surface area contributed by atoms with Gasteiger partial charge >= 0.3 is 5.97 Å². The van der Waals surface area contributed by atoms with Crippen molar-refractivity contribution >= 4 is 11.7 Å². The number of halogens is 1. The minimum Gasteiger partial charge on any atom is -0.497 e. The lowest BCUT2D eigenvalue weighted by atomic mass is 9.77. The zero-order valence-corrected chi connectivity index (χ0v) is 17.4. The molecule has 0 radical (unpaired) electrons.